The highest BCUT2D eigenvalue weighted by molar-refractivity contribution is 6.30. The number of aromatic amines is 1. The number of aromatic hydroxyl groups is 2. The lowest BCUT2D eigenvalue weighted by molar-refractivity contribution is 0.0950. The summed E-state index contributed by atoms with van der Waals surface area (Å²) in [6, 6.07) is 12.9. The number of phenols is 2. The third kappa shape index (κ3) is 3.96. The standard InChI is InChI=1S/C17H13ClN4O3/c18-12-4-2-11(3-5-12)13-8-14(21-20-13)17(25)22-19-9-10-1-6-15(23)16(24)7-10/h1-9,23-24H,(H,20,21)(H,22,25). The molecule has 0 spiro atoms. The second-order valence-electron chi connectivity index (χ2n) is 5.12. The number of carbonyl (C=O) groups is 1. The molecule has 0 saturated carbocycles. The fourth-order valence-electron chi connectivity index (χ4n) is 2.05. The normalized spacial score (nSPS) is 10.9. The van der Waals surface area contributed by atoms with Crippen LogP contribution < -0.4 is 5.43 Å². The Morgan fingerprint density at radius 1 is 1.12 bits per heavy atom. The van der Waals surface area contributed by atoms with Gasteiger partial charge in [-0.25, -0.2) is 5.43 Å². The molecule has 126 valence electrons. The van der Waals surface area contributed by atoms with Crippen LogP contribution in [0.15, 0.2) is 53.6 Å². The summed E-state index contributed by atoms with van der Waals surface area (Å²) in [5.41, 5.74) is 4.54. The molecule has 0 radical (unpaired) electrons. The molecular weight excluding hydrogens is 344 g/mol. The molecule has 0 unspecified atom stereocenters. The SMILES string of the molecule is O=C(NN=Cc1ccc(O)c(O)c1)c1cc(-c2ccc(Cl)cc2)n[nH]1. The summed E-state index contributed by atoms with van der Waals surface area (Å²) >= 11 is 5.84. The van der Waals surface area contributed by atoms with Gasteiger partial charge in [-0.1, -0.05) is 23.7 Å². The number of phenolic OH excluding ortho intramolecular Hbond substituents is 2. The Morgan fingerprint density at radius 2 is 1.88 bits per heavy atom. The maximum absolute atomic E-state index is 12.0. The molecule has 0 saturated heterocycles. The van der Waals surface area contributed by atoms with E-state index in [0.717, 1.165) is 5.56 Å². The van der Waals surface area contributed by atoms with E-state index in [2.05, 4.69) is 20.7 Å². The van der Waals surface area contributed by atoms with Crippen molar-refractivity contribution in [3.05, 3.63) is 64.8 Å². The van der Waals surface area contributed by atoms with E-state index < -0.39 is 5.91 Å². The van der Waals surface area contributed by atoms with Crippen LogP contribution in [-0.2, 0) is 0 Å². The highest BCUT2D eigenvalue weighted by Crippen LogP contribution is 2.24. The Morgan fingerprint density at radius 3 is 2.60 bits per heavy atom. The molecule has 4 N–H and O–H groups in total. The van der Waals surface area contributed by atoms with Gasteiger partial charge in [-0.15, -0.1) is 0 Å². The van der Waals surface area contributed by atoms with Gasteiger partial charge in [0, 0.05) is 10.6 Å². The molecule has 7 nitrogen and oxygen atoms in total. The number of amides is 1. The summed E-state index contributed by atoms with van der Waals surface area (Å²) in [7, 11) is 0. The first-order valence-electron chi connectivity index (χ1n) is 7.19. The summed E-state index contributed by atoms with van der Waals surface area (Å²) < 4.78 is 0. The van der Waals surface area contributed by atoms with E-state index in [1.54, 1.807) is 36.4 Å². The van der Waals surface area contributed by atoms with Crippen LogP contribution in [0.2, 0.25) is 5.02 Å². The zero-order chi connectivity index (χ0) is 17.8. The average molecular weight is 357 g/mol. The maximum atomic E-state index is 12.0. The van der Waals surface area contributed by atoms with Crippen LogP contribution in [0.5, 0.6) is 11.5 Å². The predicted molar refractivity (Wildman–Crippen MR) is 93.9 cm³/mol. The summed E-state index contributed by atoms with van der Waals surface area (Å²) in [6.45, 7) is 0. The molecule has 0 aliphatic heterocycles. The van der Waals surface area contributed by atoms with Crippen LogP contribution in [0.1, 0.15) is 16.1 Å². The number of H-pyrrole nitrogens is 1. The zero-order valence-electron chi connectivity index (χ0n) is 12.8. The lowest BCUT2D eigenvalue weighted by Gasteiger charge is -1.99. The van der Waals surface area contributed by atoms with E-state index >= 15 is 0 Å². The number of hydrogen-bond acceptors (Lipinski definition) is 5. The molecule has 0 bridgehead atoms. The molecule has 25 heavy (non-hydrogen) atoms. The molecule has 2 aromatic carbocycles. The topological polar surface area (TPSA) is 111 Å². The molecule has 1 heterocycles. The summed E-state index contributed by atoms with van der Waals surface area (Å²) in [5.74, 6) is -0.961. The molecule has 0 fully saturated rings. The summed E-state index contributed by atoms with van der Waals surface area (Å²) in [5, 5.41) is 29.8. The number of hydrazone groups is 1. The number of aromatic nitrogens is 2. The smallest absolute Gasteiger partial charge is 0.289 e. The van der Waals surface area contributed by atoms with Gasteiger partial charge in [-0.3, -0.25) is 9.89 Å². The van der Waals surface area contributed by atoms with E-state index in [1.165, 1.54) is 18.3 Å². The fourth-order valence-corrected chi connectivity index (χ4v) is 2.18. The zero-order valence-corrected chi connectivity index (χ0v) is 13.5. The Kier molecular flexibility index (Phi) is 4.67. The Labute approximate surface area is 147 Å². The van der Waals surface area contributed by atoms with Crippen LogP contribution in [0, 0.1) is 0 Å². The summed E-state index contributed by atoms with van der Waals surface area (Å²) in [4.78, 5) is 12.0. The van der Waals surface area contributed by atoms with Crippen molar-refractivity contribution in [2.75, 3.05) is 0 Å². The van der Waals surface area contributed by atoms with Gasteiger partial charge in [0.05, 0.1) is 11.9 Å². The van der Waals surface area contributed by atoms with Crippen molar-refractivity contribution >= 4 is 23.7 Å². The molecule has 3 aromatic rings. The highest BCUT2D eigenvalue weighted by Gasteiger charge is 2.10. The van der Waals surface area contributed by atoms with E-state index in [4.69, 9.17) is 11.6 Å². The maximum Gasteiger partial charge on any atom is 0.289 e. The van der Waals surface area contributed by atoms with Gasteiger partial charge in [0.1, 0.15) is 5.69 Å². The molecule has 1 amide bonds. The van der Waals surface area contributed by atoms with Gasteiger partial charge in [-0.2, -0.15) is 10.2 Å². The lowest BCUT2D eigenvalue weighted by atomic mass is 10.1. The minimum atomic E-state index is -0.466. The Balaban J connectivity index is 1.66. The van der Waals surface area contributed by atoms with Crippen LogP contribution >= 0.6 is 11.6 Å². The van der Waals surface area contributed by atoms with Crippen molar-refractivity contribution in [3.8, 4) is 22.8 Å². The molecular formula is C17H13ClN4O3. The number of nitrogens with one attached hydrogen (secondary N) is 2. The van der Waals surface area contributed by atoms with Crippen molar-refractivity contribution < 1.29 is 15.0 Å². The number of halogens is 1. The molecule has 0 aliphatic rings. The van der Waals surface area contributed by atoms with Gasteiger partial charge in [0.25, 0.3) is 5.91 Å². The van der Waals surface area contributed by atoms with E-state index in [9.17, 15) is 15.0 Å². The predicted octanol–water partition coefficient (Wildman–Crippen LogP) is 2.91. The Bertz CT molecular complexity index is 935. The molecule has 0 aliphatic carbocycles. The second-order valence-corrected chi connectivity index (χ2v) is 5.56. The van der Waals surface area contributed by atoms with Crippen molar-refractivity contribution in [3.63, 3.8) is 0 Å². The monoisotopic (exact) mass is 356 g/mol. The average Bonchev–Trinajstić information content (AvgIpc) is 3.09. The first kappa shape index (κ1) is 16.5. The van der Waals surface area contributed by atoms with Crippen molar-refractivity contribution in [2.24, 2.45) is 5.10 Å². The Hall–Kier alpha value is -3.32. The first-order valence-corrected chi connectivity index (χ1v) is 7.57. The van der Waals surface area contributed by atoms with Gasteiger partial charge in [0.2, 0.25) is 0 Å². The van der Waals surface area contributed by atoms with Gasteiger partial charge in [-0.05, 0) is 42.0 Å². The van der Waals surface area contributed by atoms with Crippen LogP contribution in [0.3, 0.4) is 0 Å². The van der Waals surface area contributed by atoms with Gasteiger partial charge >= 0.3 is 0 Å². The van der Waals surface area contributed by atoms with Crippen LogP contribution in [0.25, 0.3) is 11.3 Å². The quantitative estimate of drug-likeness (QED) is 0.327. The lowest BCUT2D eigenvalue weighted by Crippen LogP contribution is -2.17. The second kappa shape index (κ2) is 7.06. The number of hydrogen-bond donors (Lipinski definition) is 4. The van der Waals surface area contributed by atoms with E-state index in [1.807, 2.05) is 0 Å². The molecule has 1 aromatic heterocycles. The minimum absolute atomic E-state index is 0.228. The molecule has 0 atom stereocenters. The fraction of sp³-hybridized carbons (Fsp3) is 0. The number of rotatable bonds is 4. The molecule has 3 rings (SSSR count). The molecule has 8 heteroatoms. The van der Waals surface area contributed by atoms with E-state index in [-0.39, 0.29) is 17.2 Å². The first-order chi connectivity index (χ1) is 12.0. The third-order valence-electron chi connectivity index (χ3n) is 3.34. The number of nitrogens with zero attached hydrogens (tertiary/aromatic N) is 2. The van der Waals surface area contributed by atoms with Crippen molar-refractivity contribution in [1.29, 1.82) is 0 Å². The van der Waals surface area contributed by atoms with E-state index in [0.29, 0.717) is 16.3 Å². The minimum Gasteiger partial charge on any atom is -0.504 e. The number of carbonyl (C=O) groups excluding carboxylic acids is 1. The van der Waals surface area contributed by atoms with Crippen molar-refractivity contribution in [2.45, 2.75) is 0 Å². The van der Waals surface area contributed by atoms with Crippen LogP contribution in [-0.4, -0.2) is 32.5 Å². The van der Waals surface area contributed by atoms with Crippen molar-refractivity contribution in [1.82, 2.24) is 15.6 Å². The largest absolute Gasteiger partial charge is 0.504 e. The third-order valence-corrected chi connectivity index (χ3v) is 3.59. The van der Waals surface area contributed by atoms with Gasteiger partial charge in [0.15, 0.2) is 11.5 Å². The highest BCUT2D eigenvalue weighted by atomic mass is 35.5. The number of benzene rings is 2. The van der Waals surface area contributed by atoms with Crippen LogP contribution in [0.4, 0.5) is 0 Å². The van der Waals surface area contributed by atoms with Gasteiger partial charge < -0.3 is 10.2 Å². The summed E-state index contributed by atoms with van der Waals surface area (Å²) in [6.07, 6.45) is 1.34.